The fourth-order valence-corrected chi connectivity index (χ4v) is 3.54. The van der Waals surface area contributed by atoms with Crippen molar-refractivity contribution in [2.75, 3.05) is 5.32 Å². The average Bonchev–Trinajstić information content (AvgIpc) is 2.77. The SMILES string of the molecule is CC(C)(O)c1ncc(-c2ccc3ncc(Cl)c(NCc4ccc(OC(F)(F)F)cc4)c3c2)cn1. The fraction of sp³-hybridized carbons (Fsp3) is 0.208. The molecule has 0 radical (unpaired) electrons. The van der Waals surface area contributed by atoms with Crippen molar-refractivity contribution in [1.82, 2.24) is 15.0 Å². The van der Waals surface area contributed by atoms with Crippen LogP contribution in [0.4, 0.5) is 18.9 Å². The van der Waals surface area contributed by atoms with Gasteiger partial charge in [0.2, 0.25) is 0 Å². The highest BCUT2D eigenvalue weighted by Crippen LogP contribution is 2.33. The van der Waals surface area contributed by atoms with Gasteiger partial charge in [-0.3, -0.25) is 4.98 Å². The summed E-state index contributed by atoms with van der Waals surface area (Å²) in [7, 11) is 0. The number of rotatable bonds is 6. The molecule has 0 atom stereocenters. The van der Waals surface area contributed by atoms with Crippen LogP contribution < -0.4 is 10.1 Å². The van der Waals surface area contributed by atoms with Crippen molar-refractivity contribution < 1.29 is 23.0 Å². The van der Waals surface area contributed by atoms with Gasteiger partial charge >= 0.3 is 6.36 Å². The third-order valence-corrected chi connectivity index (χ3v) is 5.27. The number of alkyl halides is 3. The van der Waals surface area contributed by atoms with Crippen LogP contribution in [0.3, 0.4) is 0 Å². The molecule has 34 heavy (non-hydrogen) atoms. The van der Waals surface area contributed by atoms with Gasteiger partial charge < -0.3 is 15.2 Å². The van der Waals surface area contributed by atoms with Crippen molar-refractivity contribution in [2.45, 2.75) is 32.4 Å². The van der Waals surface area contributed by atoms with Crippen LogP contribution in [0.2, 0.25) is 5.02 Å². The molecule has 0 fully saturated rings. The summed E-state index contributed by atoms with van der Waals surface area (Å²) in [4.78, 5) is 12.9. The minimum absolute atomic E-state index is 0.286. The zero-order valence-corrected chi connectivity index (χ0v) is 18.9. The van der Waals surface area contributed by atoms with Crippen molar-refractivity contribution in [3.05, 3.63) is 77.5 Å². The van der Waals surface area contributed by atoms with Crippen molar-refractivity contribution in [1.29, 1.82) is 0 Å². The van der Waals surface area contributed by atoms with Gasteiger partial charge in [0.1, 0.15) is 11.4 Å². The standard InChI is InChI=1S/C24H20ClF3N4O2/c1-23(2,33)22-31-11-16(12-32-22)15-5-8-20-18(9-15)21(19(25)13-29-20)30-10-14-3-6-17(7-4-14)34-24(26,27)28/h3-9,11-13,33H,10H2,1-2H3,(H,29,30). The largest absolute Gasteiger partial charge is 0.573 e. The van der Waals surface area contributed by atoms with E-state index < -0.39 is 12.0 Å². The number of anilines is 1. The van der Waals surface area contributed by atoms with E-state index in [9.17, 15) is 18.3 Å². The Morgan fingerprint density at radius 2 is 1.62 bits per heavy atom. The van der Waals surface area contributed by atoms with Gasteiger partial charge in [-0.15, -0.1) is 13.2 Å². The molecule has 2 heterocycles. The summed E-state index contributed by atoms with van der Waals surface area (Å²) in [5, 5.41) is 14.5. The highest BCUT2D eigenvalue weighted by atomic mass is 35.5. The molecule has 4 rings (SSSR count). The highest BCUT2D eigenvalue weighted by Gasteiger charge is 2.31. The number of halogens is 4. The number of hydrogen-bond donors (Lipinski definition) is 2. The number of ether oxygens (including phenoxy) is 1. The first-order chi connectivity index (χ1) is 16.0. The minimum Gasteiger partial charge on any atom is -0.406 e. The van der Waals surface area contributed by atoms with Gasteiger partial charge in [0, 0.05) is 36.1 Å². The average molecular weight is 489 g/mol. The minimum atomic E-state index is -4.74. The summed E-state index contributed by atoms with van der Waals surface area (Å²) >= 11 is 6.41. The van der Waals surface area contributed by atoms with Crippen molar-refractivity contribution in [2.24, 2.45) is 0 Å². The zero-order valence-electron chi connectivity index (χ0n) is 18.2. The summed E-state index contributed by atoms with van der Waals surface area (Å²) in [6.07, 6.45) is 0.0717. The molecule has 0 aliphatic rings. The van der Waals surface area contributed by atoms with E-state index in [0.29, 0.717) is 28.6 Å². The summed E-state index contributed by atoms with van der Waals surface area (Å²) in [5.41, 5.74) is 2.52. The van der Waals surface area contributed by atoms with Crippen molar-refractivity contribution in [3.63, 3.8) is 0 Å². The smallest absolute Gasteiger partial charge is 0.406 e. The molecule has 10 heteroatoms. The zero-order chi connectivity index (χ0) is 24.5. The maximum atomic E-state index is 12.4. The van der Waals surface area contributed by atoms with Gasteiger partial charge in [0.05, 0.1) is 16.2 Å². The normalized spacial score (nSPS) is 12.1. The summed E-state index contributed by atoms with van der Waals surface area (Å²) in [5.74, 6) is 0.0295. The second kappa shape index (κ2) is 9.08. The van der Waals surface area contributed by atoms with Gasteiger partial charge in [-0.25, -0.2) is 9.97 Å². The van der Waals surface area contributed by atoms with Gasteiger partial charge in [-0.05, 0) is 49.2 Å². The molecular formula is C24H20ClF3N4O2. The first kappa shape index (κ1) is 23.7. The van der Waals surface area contributed by atoms with Crippen molar-refractivity contribution >= 4 is 28.2 Å². The molecule has 0 spiro atoms. The Morgan fingerprint density at radius 3 is 2.24 bits per heavy atom. The van der Waals surface area contributed by atoms with E-state index in [0.717, 1.165) is 22.1 Å². The maximum absolute atomic E-state index is 12.4. The van der Waals surface area contributed by atoms with Crippen LogP contribution in [0.15, 0.2) is 61.1 Å². The molecule has 0 saturated carbocycles. The number of hydrogen-bond acceptors (Lipinski definition) is 6. The van der Waals surface area contributed by atoms with E-state index in [1.165, 1.54) is 18.3 Å². The Labute approximate surface area is 198 Å². The lowest BCUT2D eigenvalue weighted by Gasteiger charge is -2.15. The lowest BCUT2D eigenvalue weighted by atomic mass is 10.0. The van der Waals surface area contributed by atoms with Crippen LogP contribution in [-0.2, 0) is 12.1 Å². The number of benzene rings is 2. The molecule has 0 bridgehead atoms. The number of aliphatic hydroxyl groups is 1. The third kappa shape index (κ3) is 5.55. The number of fused-ring (bicyclic) bond motifs is 1. The van der Waals surface area contributed by atoms with Crippen LogP contribution in [0.25, 0.3) is 22.0 Å². The second-order valence-corrected chi connectivity index (χ2v) is 8.52. The third-order valence-electron chi connectivity index (χ3n) is 4.98. The molecule has 0 aliphatic heterocycles. The summed E-state index contributed by atoms with van der Waals surface area (Å²) in [6, 6.07) is 11.2. The molecule has 2 N–H and O–H groups in total. The maximum Gasteiger partial charge on any atom is 0.573 e. The molecule has 0 amide bonds. The molecule has 0 saturated heterocycles. The first-order valence-corrected chi connectivity index (χ1v) is 10.6. The van der Waals surface area contributed by atoms with Crippen LogP contribution in [-0.4, -0.2) is 26.4 Å². The summed E-state index contributed by atoms with van der Waals surface area (Å²) in [6.45, 7) is 3.54. The molecular weight excluding hydrogens is 469 g/mol. The van der Waals surface area contributed by atoms with Gasteiger partial charge in [-0.1, -0.05) is 29.8 Å². The topological polar surface area (TPSA) is 80.2 Å². The van der Waals surface area contributed by atoms with E-state index >= 15 is 0 Å². The fourth-order valence-electron chi connectivity index (χ4n) is 3.32. The van der Waals surface area contributed by atoms with Crippen LogP contribution in [0.5, 0.6) is 5.75 Å². The lowest BCUT2D eigenvalue weighted by Crippen LogP contribution is -2.19. The molecule has 2 aromatic carbocycles. The molecule has 0 aliphatic carbocycles. The molecule has 0 unspecified atom stereocenters. The number of nitrogens with zero attached hydrogens (tertiary/aromatic N) is 3. The number of aromatic nitrogens is 3. The number of pyridine rings is 1. The van der Waals surface area contributed by atoms with E-state index in [1.54, 1.807) is 38.4 Å². The van der Waals surface area contributed by atoms with Crippen LogP contribution in [0.1, 0.15) is 25.2 Å². The second-order valence-electron chi connectivity index (χ2n) is 8.11. The van der Waals surface area contributed by atoms with Crippen LogP contribution >= 0.6 is 11.6 Å². The van der Waals surface area contributed by atoms with E-state index in [4.69, 9.17) is 11.6 Å². The predicted octanol–water partition coefficient (Wildman–Crippen LogP) is 6.08. The molecule has 6 nitrogen and oxygen atoms in total. The first-order valence-electron chi connectivity index (χ1n) is 10.2. The van der Waals surface area contributed by atoms with E-state index in [2.05, 4.69) is 25.0 Å². The van der Waals surface area contributed by atoms with E-state index in [-0.39, 0.29) is 5.75 Å². The number of nitrogens with one attached hydrogen (secondary N) is 1. The van der Waals surface area contributed by atoms with Gasteiger partial charge in [0.25, 0.3) is 0 Å². The predicted molar refractivity (Wildman–Crippen MR) is 123 cm³/mol. The Morgan fingerprint density at radius 1 is 0.941 bits per heavy atom. The molecule has 2 aromatic heterocycles. The highest BCUT2D eigenvalue weighted by molar-refractivity contribution is 6.34. The van der Waals surface area contributed by atoms with Crippen molar-refractivity contribution in [3.8, 4) is 16.9 Å². The Kier molecular flexibility index (Phi) is 6.33. The Bertz CT molecular complexity index is 1310. The van der Waals surface area contributed by atoms with Crippen LogP contribution in [0, 0.1) is 0 Å². The van der Waals surface area contributed by atoms with Gasteiger partial charge in [0.15, 0.2) is 5.82 Å². The molecule has 176 valence electrons. The summed E-state index contributed by atoms with van der Waals surface area (Å²) < 4.78 is 41.0. The molecule has 4 aromatic rings. The lowest BCUT2D eigenvalue weighted by molar-refractivity contribution is -0.274. The quantitative estimate of drug-likeness (QED) is 0.342. The Balaban J connectivity index is 1.59. The van der Waals surface area contributed by atoms with E-state index in [1.807, 2.05) is 18.2 Å². The van der Waals surface area contributed by atoms with Gasteiger partial charge in [-0.2, -0.15) is 0 Å². The Hall–Kier alpha value is -3.43. The monoisotopic (exact) mass is 488 g/mol.